The molecule has 0 aromatic rings. The molecule has 1 aliphatic rings. The molecule has 1 saturated heterocycles. The van der Waals surface area contributed by atoms with Crippen molar-refractivity contribution in [3.8, 4) is 0 Å². The van der Waals surface area contributed by atoms with Gasteiger partial charge >= 0.3 is 0 Å². The summed E-state index contributed by atoms with van der Waals surface area (Å²) >= 11 is 0. The van der Waals surface area contributed by atoms with Crippen LogP contribution in [0.5, 0.6) is 0 Å². The Hall–Kier alpha value is -0.530. The second kappa shape index (κ2) is 5.00. The summed E-state index contributed by atoms with van der Waals surface area (Å²) in [6.07, 6.45) is -5.63. The van der Waals surface area contributed by atoms with Gasteiger partial charge in [0.1, 0.15) is 30.2 Å². The van der Waals surface area contributed by atoms with E-state index >= 15 is 0 Å². The summed E-state index contributed by atoms with van der Waals surface area (Å²) in [5.41, 5.74) is 0. The summed E-state index contributed by atoms with van der Waals surface area (Å²) in [7, 11) is 0. The monoisotopic (exact) mass is 220 g/mol. The summed E-state index contributed by atoms with van der Waals surface area (Å²) in [6.45, 7) is 0.777. The Labute approximate surface area is 87.1 Å². The number of carbonyl (C=O) groups is 1. The highest BCUT2D eigenvalue weighted by atomic mass is 16.6. The van der Waals surface area contributed by atoms with Gasteiger partial charge in [0.2, 0.25) is 0 Å². The Bertz CT molecular complexity index is 231. The van der Waals surface area contributed by atoms with E-state index in [0.717, 1.165) is 0 Å². The van der Waals surface area contributed by atoms with E-state index in [1.165, 1.54) is 6.92 Å². The number of rotatable bonds is 4. The van der Waals surface area contributed by atoms with Crippen molar-refractivity contribution in [3.05, 3.63) is 0 Å². The molecule has 0 amide bonds. The summed E-state index contributed by atoms with van der Waals surface area (Å²) < 4.78 is 5.12. The zero-order valence-electron chi connectivity index (χ0n) is 8.41. The van der Waals surface area contributed by atoms with E-state index in [1.807, 2.05) is 0 Å². The molecular weight excluding hydrogens is 204 g/mol. The highest BCUT2D eigenvalue weighted by Crippen LogP contribution is 2.25. The first-order valence-electron chi connectivity index (χ1n) is 4.77. The van der Waals surface area contributed by atoms with Crippen LogP contribution in [0.2, 0.25) is 0 Å². The number of ketones is 1. The molecule has 1 fully saturated rings. The number of aliphatic hydroxyl groups is 4. The van der Waals surface area contributed by atoms with Gasteiger partial charge in [0.05, 0.1) is 12.7 Å². The highest BCUT2D eigenvalue weighted by molar-refractivity contribution is 5.76. The fourth-order valence-corrected chi connectivity index (χ4v) is 1.65. The van der Waals surface area contributed by atoms with Gasteiger partial charge in [-0.05, 0) is 6.92 Å². The maximum Gasteiger partial charge on any atom is 0.132 e. The summed E-state index contributed by atoms with van der Waals surface area (Å²) in [5, 5.41) is 36.9. The standard InChI is InChI=1S/C9H16O6/c1-4(11)2-6-7(13)8(14)9(15-6)5(12)3-10/h5-10,12-14H,2-3H2,1H3/t5-,6+,7+,8-,9+/m1/s1. The van der Waals surface area contributed by atoms with E-state index in [0.29, 0.717) is 0 Å². The van der Waals surface area contributed by atoms with Gasteiger partial charge in [0.25, 0.3) is 0 Å². The molecule has 0 saturated carbocycles. The minimum Gasteiger partial charge on any atom is -0.394 e. The first kappa shape index (κ1) is 12.5. The van der Waals surface area contributed by atoms with Crippen molar-refractivity contribution < 1.29 is 30.0 Å². The molecule has 6 nitrogen and oxygen atoms in total. The SMILES string of the molecule is CC(=O)C[C@@H]1O[C@@H]([C@H](O)CO)[C@H](O)[C@H]1O. The van der Waals surface area contributed by atoms with Gasteiger partial charge in [-0.25, -0.2) is 0 Å². The van der Waals surface area contributed by atoms with Gasteiger partial charge in [-0.1, -0.05) is 0 Å². The Morgan fingerprint density at radius 1 is 1.40 bits per heavy atom. The fourth-order valence-electron chi connectivity index (χ4n) is 1.65. The first-order chi connectivity index (χ1) is 6.97. The second-order valence-electron chi connectivity index (χ2n) is 3.78. The van der Waals surface area contributed by atoms with Crippen LogP contribution in [0, 0.1) is 0 Å². The number of carbonyl (C=O) groups excluding carboxylic acids is 1. The zero-order chi connectivity index (χ0) is 11.6. The van der Waals surface area contributed by atoms with E-state index in [1.54, 1.807) is 0 Å². The van der Waals surface area contributed by atoms with E-state index in [9.17, 15) is 20.1 Å². The van der Waals surface area contributed by atoms with Crippen LogP contribution in [0.3, 0.4) is 0 Å². The van der Waals surface area contributed by atoms with Crippen LogP contribution in [0.4, 0.5) is 0 Å². The van der Waals surface area contributed by atoms with E-state index < -0.39 is 37.1 Å². The molecule has 1 aliphatic heterocycles. The van der Waals surface area contributed by atoms with Crippen molar-refractivity contribution in [1.29, 1.82) is 0 Å². The second-order valence-corrected chi connectivity index (χ2v) is 3.78. The lowest BCUT2D eigenvalue weighted by molar-refractivity contribution is -0.122. The Kier molecular flexibility index (Phi) is 4.18. The average Bonchev–Trinajstić information content (AvgIpc) is 2.44. The summed E-state index contributed by atoms with van der Waals surface area (Å²) in [6, 6.07) is 0. The molecule has 0 unspecified atom stereocenters. The molecule has 4 N–H and O–H groups in total. The highest BCUT2D eigenvalue weighted by Gasteiger charge is 2.45. The van der Waals surface area contributed by atoms with Crippen LogP contribution in [0.15, 0.2) is 0 Å². The van der Waals surface area contributed by atoms with Crippen LogP contribution in [-0.4, -0.2) is 63.3 Å². The third-order valence-corrected chi connectivity index (χ3v) is 2.45. The van der Waals surface area contributed by atoms with Crippen molar-refractivity contribution >= 4 is 5.78 Å². The van der Waals surface area contributed by atoms with Gasteiger partial charge in [-0.3, -0.25) is 4.79 Å². The molecule has 1 heterocycles. The Morgan fingerprint density at radius 2 is 2.00 bits per heavy atom. The lowest BCUT2D eigenvalue weighted by atomic mass is 10.0. The normalized spacial score (nSPS) is 37.9. The van der Waals surface area contributed by atoms with Crippen LogP contribution in [0.25, 0.3) is 0 Å². The minimum absolute atomic E-state index is 0.0210. The van der Waals surface area contributed by atoms with Crippen molar-refractivity contribution in [3.63, 3.8) is 0 Å². The van der Waals surface area contributed by atoms with Gasteiger partial charge in [-0.2, -0.15) is 0 Å². The van der Waals surface area contributed by atoms with Crippen LogP contribution >= 0.6 is 0 Å². The van der Waals surface area contributed by atoms with Gasteiger partial charge in [0.15, 0.2) is 0 Å². The van der Waals surface area contributed by atoms with Crippen LogP contribution < -0.4 is 0 Å². The molecule has 15 heavy (non-hydrogen) atoms. The predicted molar refractivity (Wildman–Crippen MR) is 49.1 cm³/mol. The smallest absolute Gasteiger partial charge is 0.132 e. The van der Waals surface area contributed by atoms with E-state index in [4.69, 9.17) is 9.84 Å². The Balaban J connectivity index is 2.62. The predicted octanol–water partition coefficient (Wildman–Crippen LogP) is -2.19. The maximum atomic E-state index is 10.8. The molecule has 88 valence electrons. The number of hydrogen-bond acceptors (Lipinski definition) is 6. The molecular formula is C9H16O6. The molecule has 6 heteroatoms. The van der Waals surface area contributed by atoms with Crippen LogP contribution in [-0.2, 0) is 9.53 Å². The number of ether oxygens (including phenoxy) is 1. The van der Waals surface area contributed by atoms with E-state index in [2.05, 4.69) is 0 Å². The van der Waals surface area contributed by atoms with Crippen molar-refractivity contribution in [2.24, 2.45) is 0 Å². The third kappa shape index (κ3) is 2.73. The van der Waals surface area contributed by atoms with Crippen molar-refractivity contribution in [2.75, 3.05) is 6.61 Å². The summed E-state index contributed by atoms with van der Waals surface area (Å²) in [4.78, 5) is 10.8. The van der Waals surface area contributed by atoms with Crippen LogP contribution in [0.1, 0.15) is 13.3 Å². The topological polar surface area (TPSA) is 107 Å². The number of Topliss-reactive ketones (excluding diaryl/α,β-unsaturated/α-hetero) is 1. The fraction of sp³-hybridized carbons (Fsp3) is 0.889. The Morgan fingerprint density at radius 3 is 2.47 bits per heavy atom. The molecule has 5 atom stereocenters. The van der Waals surface area contributed by atoms with Gasteiger partial charge in [0, 0.05) is 6.42 Å². The molecule has 0 bridgehead atoms. The quantitative estimate of drug-likeness (QED) is 0.428. The molecule has 0 aromatic carbocycles. The minimum atomic E-state index is -1.28. The average molecular weight is 220 g/mol. The first-order valence-corrected chi connectivity index (χ1v) is 4.77. The van der Waals surface area contributed by atoms with Crippen molar-refractivity contribution in [1.82, 2.24) is 0 Å². The van der Waals surface area contributed by atoms with Gasteiger partial charge in [-0.15, -0.1) is 0 Å². The molecule has 1 rings (SSSR count). The lowest BCUT2D eigenvalue weighted by Gasteiger charge is -2.18. The molecule has 0 radical (unpaired) electrons. The number of aliphatic hydroxyl groups excluding tert-OH is 4. The maximum absolute atomic E-state index is 10.8. The largest absolute Gasteiger partial charge is 0.394 e. The van der Waals surface area contributed by atoms with Crippen molar-refractivity contribution in [2.45, 2.75) is 43.9 Å². The third-order valence-electron chi connectivity index (χ3n) is 2.45. The zero-order valence-corrected chi connectivity index (χ0v) is 8.41. The molecule has 0 spiro atoms. The van der Waals surface area contributed by atoms with E-state index in [-0.39, 0.29) is 12.2 Å². The molecule has 0 aromatic heterocycles. The summed E-state index contributed by atoms with van der Waals surface area (Å²) in [5.74, 6) is -0.176. The molecule has 0 aliphatic carbocycles. The number of hydrogen-bond donors (Lipinski definition) is 4. The lowest BCUT2D eigenvalue weighted by Crippen LogP contribution is -2.40. The van der Waals surface area contributed by atoms with Gasteiger partial charge < -0.3 is 25.2 Å².